The second-order valence-electron chi connectivity index (χ2n) is 9.73. The molecule has 0 aliphatic rings. The molecule has 0 radical (unpaired) electrons. The summed E-state index contributed by atoms with van der Waals surface area (Å²) in [6.45, 7) is 4.25. The lowest BCUT2D eigenvalue weighted by Crippen LogP contribution is -1.96. The zero-order valence-corrected chi connectivity index (χ0v) is 21.6. The van der Waals surface area contributed by atoms with Crippen molar-refractivity contribution in [2.45, 2.75) is 13.8 Å². The second kappa shape index (κ2) is 10.3. The molecule has 2 heteroatoms. The van der Waals surface area contributed by atoms with Crippen molar-refractivity contribution in [1.29, 1.82) is 0 Å². The van der Waals surface area contributed by atoms with Crippen molar-refractivity contribution in [3.8, 4) is 56.2 Å². The highest BCUT2D eigenvalue weighted by molar-refractivity contribution is 5.78. The van der Waals surface area contributed by atoms with Crippen molar-refractivity contribution in [2.24, 2.45) is 0 Å². The van der Waals surface area contributed by atoms with Crippen LogP contribution in [-0.4, -0.2) is 9.97 Å². The first-order valence-electron chi connectivity index (χ1n) is 12.9. The van der Waals surface area contributed by atoms with E-state index in [9.17, 15) is 0 Å². The topological polar surface area (TPSA) is 25.8 Å². The van der Waals surface area contributed by atoms with Crippen LogP contribution >= 0.6 is 0 Å². The molecule has 0 fully saturated rings. The summed E-state index contributed by atoms with van der Waals surface area (Å²) in [4.78, 5) is 10.1. The molecule has 0 spiro atoms. The average Bonchev–Trinajstić information content (AvgIpc) is 2.97. The Morgan fingerprint density at radius 3 is 1.21 bits per heavy atom. The lowest BCUT2D eigenvalue weighted by atomic mass is 9.98. The van der Waals surface area contributed by atoms with Crippen LogP contribution in [0.25, 0.3) is 56.2 Å². The van der Waals surface area contributed by atoms with Crippen molar-refractivity contribution in [3.05, 3.63) is 145 Å². The molecule has 38 heavy (non-hydrogen) atoms. The van der Waals surface area contributed by atoms with Crippen molar-refractivity contribution in [1.82, 2.24) is 9.97 Å². The SMILES string of the molecule is Cc1cccc(-c2cccc(-c3cc(-c4cccc(-c5cccc(C)c5)c4)nc(-c4ccccc4)n3)c2)c1. The number of aryl methyl sites for hydroxylation is 2. The Bertz CT molecular complexity index is 1630. The summed E-state index contributed by atoms with van der Waals surface area (Å²) in [6.07, 6.45) is 0. The maximum atomic E-state index is 5.03. The summed E-state index contributed by atoms with van der Waals surface area (Å²) in [5.74, 6) is 0.722. The molecule has 6 aromatic rings. The van der Waals surface area contributed by atoms with Gasteiger partial charge >= 0.3 is 0 Å². The number of hydrogen-bond acceptors (Lipinski definition) is 2. The van der Waals surface area contributed by atoms with Gasteiger partial charge in [0.1, 0.15) is 0 Å². The van der Waals surface area contributed by atoms with E-state index in [1.54, 1.807) is 0 Å². The van der Waals surface area contributed by atoms with Gasteiger partial charge in [0, 0.05) is 16.7 Å². The van der Waals surface area contributed by atoms with E-state index in [4.69, 9.17) is 9.97 Å². The third kappa shape index (κ3) is 5.02. The van der Waals surface area contributed by atoms with E-state index >= 15 is 0 Å². The summed E-state index contributed by atoms with van der Waals surface area (Å²) < 4.78 is 0. The van der Waals surface area contributed by atoms with E-state index in [2.05, 4.69) is 129 Å². The molecule has 5 aromatic carbocycles. The fraction of sp³-hybridized carbons (Fsp3) is 0.0556. The van der Waals surface area contributed by atoms with Gasteiger partial charge in [-0.05, 0) is 54.3 Å². The molecule has 0 saturated heterocycles. The van der Waals surface area contributed by atoms with Crippen molar-refractivity contribution < 1.29 is 0 Å². The monoisotopic (exact) mass is 488 g/mol. The molecule has 1 heterocycles. The number of hydrogen-bond donors (Lipinski definition) is 0. The smallest absolute Gasteiger partial charge is 0.160 e. The predicted molar refractivity (Wildman–Crippen MR) is 159 cm³/mol. The molecular formula is C36H28N2. The van der Waals surface area contributed by atoms with Gasteiger partial charge in [-0.15, -0.1) is 0 Å². The molecule has 0 bridgehead atoms. The Hall–Kier alpha value is -4.82. The van der Waals surface area contributed by atoms with E-state index in [1.807, 2.05) is 18.2 Å². The molecular weight excluding hydrogens is 460 g/mol. The highest BCUT2D eigenvalue weighted by atomic mass is 14.9. The van der Waals surface area contributed by atoms with Gasteiger partial charge in [-0.2, -0.15) is 0 Å². The number of nitrogens with zero attached hydrogens (tertiary/aromatic N) is 2. The fourth-order valence-corrected chi connectivity index (χ4v) is 4.82. The van der Waals surface area contributed by atoms with Gasteiger partial charge < -0.3 is 0 Å². The third-order valence-corrected chi connectivity index (χ3v) is 6.78. The standard InChI is InChI=1S/C36H28N2/c1-25-10-6-14-28(20-25)30-16-8-18-32(22-30)34-24-35(38-36(37-34)27-12-4-3-5-13-27)33-19-9-17-31(23-33)29-15-7-11-26(2)21-29/h3-24H,1-2H3. The van der Waals surface area contributed by atoms with Crippen molar-refractivity contribution in [2.75, 3.05) is 0 Å². The largest absolute Gasteiger partial charge is 0.228 e. The first kappa shape index (κ1) is 23.6. The van der Waals surface area contributed by atoms with Gasteiger partial charge in [-0.3, -0.25) is 0 Å². The Morgan fingerprint density at radius 2 is 0.737 bits per heavy atom. The summed E-state index contributed by atoms with van der Waals surface area (Å²) in [5, 5.41) is 0. The van der Waals surface area contributed by atoms with Crippen LogP contribution in [0.2, 0.25) is 0 Å². The number of rotatable bonds is 5. The van der Waals surface area contributed by atoms with Crippen LogP contribution in [0.4, 0.5) is 0 Å². The minimum Gasteiger partial charge on any atom is -0.228 e. The van der Waals surface area contributed by atoms with E-state index < -0.39 is 0 Å². The van der Waals surface area contributed by atoms with Crippen molar-refractivity contribution in [3.63, 3.8) is 0 Å². The number of benzene rings is 5. The molecule has 0 atom stereocenters. The van der Waals surface area contributed by atoms with Gasteiger partial charge in [0.2, 0.25) is 0 Å². The molecule has 182 valence electrons. The minimum absolute atomic E-state index is 0.722. The van der Waals surface area contributed by atoms with E-state index in [0.29, 0.717) is 0 Å². The fourth-order valence-electron chi connectivity index (χ4n) is 4.82. The maximum Gasteiger partial charge on any atom is 0.160 e. The quantitative estimate of drug-likeness (QED) is 0.241. The molecule has 6 rings (SSSR count). The van der Waals surface area contributed by atoms with Crippen LogP contribution in [0, 0.1) is 13.8 Å². The third-order valence-electron chi connectivity index (χ3n) is 6.78. The van der Waals surface area contributed by atoms with Crippen LogP contribution in [0.1, 0.15) is 11.1 Å². The molecule has 2 nitrogen and oxygen atoms in total. The molecule has 1 aromatic heterocycles. The lowest BCUT2D eigenvalue weighted by Gasteiger charge is -2.12. The Balaban J connectivity index is 1.49. The van der Waals surface area contributed by atoms with Crippen LogP contribution in [0.15, 0.2) is 133 Å². The summed E-state index contributed by atoms with van der Waals surface area (Å²) in [6, 6.07) is 46.8. The van der Waals surface area contributed by atoms with Gasteiger partial charge in [0.05, 0.1) is 11.4 Å². The summed E-state index contributed by atoms with van der Waals surface area (Å²) in [7, 11) is 0. The molecule has 0 saturated carbocycles. The highest BCUT2D eigenvalue weighted by Gasteiger charge is 2.12. The average molecular weight is 489 g/mol. The predicted octanol–water partition coefficient (Wildman–Crippen LogP) is 9.43. The Labute approximate surface area is 224 Å². The van der Waals surface area contributed by atoms with Gasteiger partial charge in [-0.1, -0.05) is 126 Å². The van der Waals surface area contributed by atoms with Crippen LogP contribution < -0.4 is 0 Å². The first-order chi connectivity index (χ1) is 18.6. The van der Waals surface area contributed by atoms with E-state index in [0.717, 1.165) is 33.9 Å². The van der Waals surface area contributed by atoms with E-state index in [-0.39, 0.29) is 0 Å². The number of aromatic nitrogens is 2. The van der Waals surface area contributed by atoms with Gasteiger partial charge in [0.15, 0.2) is 5.82 Å². The van der Waals surface area contributed by atoms with Crippen LogP contribution in [0.3, 0.4) is 0 Å². The molecule has 0 N–H and O–H groups in total. The lowest BCUT2D eigenvalue weighted by molar-refractivity contribution is 1.18. The zero-order valence-electron chi connectivity index (χ0n) is 21.6. The summed E-state index contributed by atoms with van der Waals surface area (Å²) >= 11 is 0. The molecule has 0 unspecified atom stereocenters. The van der Waals surface area contributed by atoms with Crippen LogP contribution in [-0.2, 0) is 0 Å². The maximum absolute atomic E-state index is 5.03. The van der Waals surface area contributed by atoms with Gasteiger partial charge in [-0.25, -0.2) is 9.97 Å². The summed E-state index contributed by atoms with van der Waals surface area (Å²) in [5.41, 5.74) is 12.2. The molecule has 0 aliphatic carbocycles. The normalized spacial score (nSPS) is 10.9. The van der Waals surface area contributed by atoms with Gasteiger partial charge in [0.25, 0.3) is 0 Å². The molecule has 0 amide bonds. The highest BCUT2D eigenvalue weighted by Crippen LogP contribution is 2.32. The minimum atomic E-state index is 0.722. The van der Waals surface area contributed by atoms with Crippen LogP contribution in [0.5, 0.6) is 0 Å². The second-order valence-corrected chi connectivity index (χ2v) is 9.73. The molecule has 0 aliphatic heterocycles. The first-order valence-corrected chi connectivity index (χ1v) is 12.9. The Morgan fingerprint density at radius 1 is 0.342 bits per heavy atom. The van der Waals surface area contributed by atoms with Crippen molar-refractivity contribution >= 4 is 0 Å². The van der Waals surface area contributed by atoms with E-state index in [1.165, 1.54) is 33.4 Å². The zero-order chi connectivity index (χ0) is 25.9. The Kier molecular flexibility index (Phi) is 6.37.